The van der Waals surface area contributed by atoms with Crippen LogP contribution in [0.3, 0.4) is 0 Å². The van der Waals surface area contributed by atoms with Gasteiger partial charge in [-0.1, -0.05) is 32.0 Å². The highest BCUT2D eigenvalue weighted by atomic mass is 16.5. The summed E-state index contributed by atoms with van der Waals surface area (Å²) in [6, 6.07) is 9.25. The van der Waals surface area contributed by atoms with Crippen molar-refractivity contribution < 1.29 is 4.74 Å². The van der Waals surface area contributed by atoms with E-state index in [1.807, 2.05) is 0 Å². The molecule has 0 spiro atoms. The van der Waals surface area contributed by atoms with E-state index in [-0.39, 0.29) is 0 Å². The van der Waals surface area contributed by atoms with Gasteiger partial charge < -0.3 is 15.0 Å². The smallest absolute Gasteiger partial charge is 0.0587 e. The molecule has 1 aromatic rings. The zero-order valence-corrected chi connectivity index (χ0v) is 12.8. The van der Waals surface area contributed by atoms with Gasteiger partial charge in [-0.05, 0) is 24.5 Å². The second kappa shape index (κ2) is 8.94. The molecule has 0 radical (unpaired) electrons. The molecule has 0 heterocycles. The molecule has 108 valence electrons. The Morgan fingerprint density at radius 1 is 1.21 bits per heavy atom. The first-order chi connectivity index (χ1) is 9.24. The van der Waals surface area contributed by atoms with E-state index in [2.05, 4.69) is 55.4 Å². The maximum Gasteiger partial charge on any atom is 0.0587 e. The topological polar surface area (TPSA) is 24.5 Å². The molecule has 0 saturated heterocycles. The molecule has 0 amide bonds. The lowest BCUT2D eigenvalue weighted by Gasteiger charge is -2.30. The molecular weight excluding hydrogens is 236 g/mol. The molecule has 19 heavy (non-hydrogen) atoms. The minimum Gasteiger partial charge on any atom is -0.383 e. The largest absolute Gasteiger partial charge is 0.383 e. The molecule has 0 fully saturated rings. The van der Waals surface area contributed by atoms with Crippen LogP contribution < -0.4 is 10.2 Å². The van der Waals surface area contributed by atoms with E-state index in [1.54, 1.807) is 7.11 Å². The Kier molecular flexibility index (Phi) is 7.53. The standard InChI is InChI=1S/C16H28N2O/c1-5-15(6-2)18(3)16-10-8-7-9-14(16)13-17-11-12-19-4/h7-10,15,17H,5-6,11-13H2,1-4H3. The van der Waals surface area contributed by atoms with Crippen LogP contribution in [0.15, 0.2) is 24.3 Å². The Morgan fingerprint density at radius 2 is 1.89 bits per heavy atom. The number of benzene rings is 1. The molecule has 0 aromatic heterocycles. The molecule has 0 aliphatic heterocycles. The predicted octanol–water partition coefficient (Wildman–Crippen LogP) is 3.05. The number of para-hydroxylation sites is 1. The third-order valence-electron chi connectivity index (χ3n) is 3.66. The van der Waals surface area contributed by atoms with Crippen molar-refractivity contribution in [3.63, 3.8) is 0 Å². The summed E-state index contributed by atoms with van der Waals surface area (Å²) in [5.74, 6) is 0. The lowest BCUT2D eigenvalue weighted by molar-refractivity contribution is 0.199. The van der Waals surface area contributed by atoms with Gasteiger partial charge in [-0.3, -0.25) is 0 Å². The summed E-state index contributed by atoms with van der Waals surface area (Å²) in [6.07, 6.45) is 2.36. The van der Waals surface area contributed by atoms with Gasteiger partial charge in [-0.15, -0.1) is 0 Å². The van der Waals surface area contributed by atoms with Crippen molar-refractivity contribution in [1.82, 2.24) is 5.32 Å². The van der Waals surface area contributed by atoms with Gasteiger partial charge in [0.25, 0.3) is 0 Å². The normalized spacial score (nSPS) is 11.0. The first-order valence-electron chi connectivity index (χ1n) is 7.24. The maximum absolute atomic E-state index is 5.06. The van der Waals surface area contributed by atoms with Gasteiger partial charge in [0.05, 0.1) is 6.61 Å². The molecule has 1 N–H and O–H groups in total. The summed E-state index contributed by atoms with van der Waals surface area (Å²) in [5, 5.41) is 3.42. The van der Waals surface area contributed by atoms with E-state index >= 15 is 0 Å². The molecule has 0 saturated carbocycles. The molecule has 0 bridgehead atoms. The number of nitrogens with one attached hydrogen (secondary N) is 1. The monoisotopic (exact) mass is 264 g/mol. The maximum atomic E-state index is 5.06. The van der Waals surface area contributed by atoms with Crippen LogP contribution in [0.4, 0.5) is 5.69 Å². The highest BCUT2D eigenvalue weighted by Gasteiger charge is 2.13. The van der Waals surface area contributed by atoms with Gasteiger partial charge in [0.1, 0.15) is 0 Å². The third-order valence-corrected chi connectivity index (χ3v) is 3.66. The van der Waals surface area contributed by atoms with E-state index in [1.165, 1.54) is 24.1 Å². The quantitative estimate of drug-likeness (QED) is 0.694. The fraction of sp³-hybridized carbons (Fsp3) is 0.625. The van der Waals surface area contributed by atoms with E-state index in [0.29, 0.717) is 6.04 Å². The molecule has 1 rings (SSSR count). The fourth-order valence-electron chi connectivity index (χ4n) is 2.43. The molecule has 1 aromatic carbocycles. The van der Waals surface area contributed by atoms with Gasteiger partial charge in [0.15, 0.2) is 0 Å². The molecule has 0 aliphatic rings. The van der Waals surface area contributed by atoms with Crippen molar-refractivity contribution in [2.75, 3.05) is 32.2 Å². The second-order valence-corrected chi connectivity index (χ2v) is 4.88. The minimum absolute atomic E-state index is 0.611. The van der Waals surface area contributed by atoms with Crippen molar-refractivity contribution in [1.29, 1.82) is 0 Å². The average molecular weight is 264 g/mol. The number of methoxy groups -OCH3 is 1. The zero-order valence-electron chi connectivity index (χ0n) is 12.8. The van der Waals surface area contributed by atoms with E-state index in [4.69, 9.17) is 4.74 Å². The van der Waals surface area contributed by atoms with E-state index in [0.717, 1.165) is 19.7 Å². The molecule has 3 heteroatoms. The van der Waals surface area contributed by atoms with Gasteiger partial charge in [0.2, 0.25) is 0 Å². The highest BCUT2D eigenvalue weighted by molar-refractivity contribution is 5.53. The summed E-state index contributed by atoms with van der Waals surface area (Å²) in [7, 11) is 3.93. The van der Waals surface area contributed by atoms with Crippen molar-refractivity contribution in [3.8, 4) is 0 Å². The minimum atomic E-state index is 0.611. The van der Waals surface area contributed by atoms with Crippen molar-refractivity contribution in [2.45, 2.75) is 39.3 Å². The number of ether oxygens (including phenoxy) is 1. The van der Waals surface area contributed by atoms with E-state index in [9.17, 15) is 0 Å². The third kappa shape index (κ3) is 4.84. The number of hydrogen-bond acceptors (Lipinski definition) is 3. The van der Waals surface area contributed by atoms with Gasteiger partial charge in [-0.25, -0.2) is 0 Å². The zero-order chi connectivity index (χ0) is 14.1. The predicted molar refractivity (Wildman–Crippen MR) is 82.8 cm³/mol. The van der Waals surface area contributed by atoms with Crippen LogP contribution in [0.5, 0.6) is 0 Å². The first kappa shape index (κ1) is 16.0. The molecule has 0 unspecified atom stereocenters. The summed E-state index contributed by atoms with van der Waals surface area (Å²) in [5.41, 5.74) is 2.69. The summed E-state index contributed by atoms with van der Waals surface area (Å²) in [6.45, 7) is 7.04. The average Bonchev–Trinajstić information content (AvgIpc) is 2.45. The van der Waals surface area contributed by atoms with Crippen LogP contribution in [-0.4, -0.2) is 33.4 Å². The summed E-state index contributed by atoms with van der Waals surface area (Å²) < 4.78 is 5.06. The Balaban J connectivity index is 2.71. The van der Waals surface area contributed by atoms with Crippen LogP contribution in [0, 0.1) is 0 Å². The number of hydrogen-bond donors (Lipinski definition) is 1. The summed E-state index contributed by atoms with van der Waals surface area (Å²) in [4.78, 5) is 2.41. The van der Waals surface area contributed by atoms with Gasteiger partial charge >= 0.3 is 0 Å². The molecule has 3 nitrogen and oxygen atoms in total. The second-order valence-electron chi connectivity index (χ2n) is 4.88. The SMILES string of the molecule is CCC(CC)N(C)c1ccccc1CNCCOC. The van der Waals surface area contributed by atoms with E-state index < -0.39 is 0 Å². The van der Waals surface area contributed by atoms with Crippen LogP contribution in [0.1, 0.15) is 32.3 Å². The molecule has 0 atom stereocenters. The number of rotatable bonds is 9. The number of anilines is 1. The number of nitrogens with zero attached hydrogens (tertiary/aromatic N) is 1. The Hall–Kier alpha value is -1.06. The molecular formula is C16H28N2O. The van der Waals surface area contributed by atoms with Crippen LogP contribution in [0.2, 0.25) is 0 Å². The van der Waals surface area contributed by atoms with Gasteiger partial charge in [-0.2, -0.15) is 0 Å². The first-order valence-corrected chi connectivity index (χ1v) is 7.24. The Morgan fingerprint density at radius 3 is 2.53 bits per heavy atom. The highest BCUT2D eigenvalue weighted by Crippen LogP contribution is 2.23. The molecule has 0 aliphatic carbocycles. The van der Waals surface area contributed by atoms with Gasteiger partial charge in [0, 0.05) is 39.0 Å². The Labute approximate surface area is 118 Å². The van der Waals surface area contributed by atoms with Crippen molar-refractivity contribution >= 4 is 5.69 Å². The van der Waals surface area contributed by atoms with Crippen LogP contribution in [0.25, 0.3) is 0 Å². The lowest BCUT2D eigenvalue weighted by atomic mass is 10.1. The van der Waals surface area contributed by atoms with Crippen molar-refractivity contribution in [2.24, 2.45) is 0 Å². The van der Waals surface area contributed by atoms with Crippen molar-refractivity contribution in [3.05, 3.63) is 29.8 Å². The van der Waals surface area contributed by atoms with Crippen LogP contribution >= 0.6 is 0 Å². The lowest BCUT2D eigenvalue weighted by Crippen LogP contribution is -2.31. The van der Waals surface area contributed by atoms with Crippen LogP contribution in [-0.2, 0) is 11.3 Å². The Bertz CT molecular complexity index is 350. The summed E-state index contributed by atoms with van der Waals surface area (Å²) >= 11 is 0. The fourth-order valence-corrected chi connectivity index (χ4v) is 2.43.